The number of furan rings is 1. The average Bonchev–Trinajstić information content (AvgIpc) is 3.22. The monoisotopic (exact) mass is 354 g/mol. The molecule has 2 heterocycles. The summed E-state index contributed by atoms with van der Waals surface area (Å²) in [5.41, 5.74) is 2.14. The fraction of sp³-hybridized carbons (Fsp3) is 0.429. The van der Waals surface area contributed by atoms with Gasteiger partial charge in [-0.3, -0.25) is 9.59 Å². The maximum absolute atomic E-state index is 12.5. The van der Waals surface area contributed by atoms with Gasteiger partial charge < -0.3 is 14.6 Å². The van der Waals surface area contributed by atoms with E-state index in [0.29, 0.717) is 31.7 Å². The number of unbranched alkanes of at least 4 members (excludes halogenated alkanes) is 1. The Morgan fingerprint density at radius 3 is 2.50 bits per heavy atom. The number of carbonyl (C=O) groups is 2. The molecule has 5 heteroatoms. The van der Waals surface area contributed by atoms with Crippen LogP contribution in [0.5, 0.6) is 0 Å². The normalized spacial score (nSPS) is 15.0. The van der Waals surface area contributed by atoms with E-state index in [9.17, 15) is 9.59 Å². The van der Waals surface area contributed by atoms with Crippen molar-refractivity contribution in [1.82, 2.24) is 4.90 Å². The molecule has 1 aliphatic heterocycles. The summed E-state index contributed by atoms with van der Waals surface area (Å²) in [6.45, 7) is 3.34. The fourth-order valence-electron chi connectivity index (χ4n) is 3.28. The predicted molar refractivity (Wildman–Crippen MR) is 101 cm³/mol. The van der Waals surface area contributed by atoms with Crippen molar-refractivity contribution in [3.8, 4) is 0 Å². The summed E-state index contributed by atoms with van der Waals surface area (Å²) in [5, 5.41) is 3.01. The van der Waals surface area contributed by atoms with Crippen LogP contribution >= 0.6 is 0 Å². The first-order chi connectivity index (χ1) is 12.7. The third kappa shape index (κ3) is 4.54. The molecular formula is C21H26N2O3. The minimum Gasteiger partial charge on any atom is -0.459 e. The molecule has 138 valence electrons. The second-order valence-electron chi connectivity index (χ2n) is 6.83. The number of benzene rings is 1. The molecule has 0 radical (unpaired) electrons. The van der Waals surface area contributed by atoms with Gasteiger partial charge in [0, 0.05) is 24.7 Å². The molecule has 0 aliphatic carbocycles. The highest BCUT2D eigenvalue weighted by Crippen LogP contribution is 2.21. The van der Waals surface area contributed by atoms with Crippen LogP contribution in [0.4, 0.5) is 5.69 Å². The zero-order valence-electron chi connectivity index (χ0n) is 15.2. The smallest absolute Gasteiger partial charge is 0.289 e. The van der Waals surface area contributed by atoms with Crippen LogP contribution in [-0.4, -0.2) is 29.8 Å². The maximum atomic E-state index is 12.5. The van der Waals surface area contributed by atoms with E-state index in [2.05, 4.69) is 24.4 Å². The molecule has 0 atom stereocenters. The first-order valence-corrected chi connectivity index (χ1v) is 9.40. The zero-order chi connectivity index (χ0) is 18.4. The van der Waals surface area contributed by atoms with E-state index >= 15 is 0 Å². The number of aryl methyl sites for hydroxylation is 1. The molecule has 2 aromatic rings. The first-order valence-electron chi connectivity index (χ1n) is 9.40. The molecule has 1 aromatic heterocycles. The third-order valence-corrected chi connectivity index (χ3v) is 4.93. The number of nitrogens with zero attached hydrogens (tertiary/aromatic N) is 1. The van der Waals surface area contributed by atoms with Gasteiger partial charge in [-0.1, -0.05) is 25.5 Å². The molecule has 0 saturated carbocycles. The van der Waals surface area contributed by atoms with E-state index < -0.39 is 0 Å². The molecule has 5 nitrogen and oxygen atoms in total. The number of hydrogen-bond donors (Lipinski definition) is 1. The molecule has 1 aromatic carbocycles. The number of hydrogen-bond acceptors (Lipinski definition) is 3. The van der Waals surface area contributed by atoms with Gasteiger partial charge in [0.05, 0.1) is 6.26 Å². The third-order valence-electron chi connectivity index (χ3n) is 4.93. The van der Waals surface area contributed by atoms with Crippen molar-refractivity contribution in [3.05, 3.63) is 54.0 Å². The van der Waals surface area contributed by atoms with E-state index in [-0.39, 0.29) is 17.7 Å². The Kier molecular flexibility index (Phi) is 6.10. The van der Waals surface area contributed by atoms with Crippen molar-refractivity contribution < 1.29 is 14.0 Å². The number of anilines is 1. The Balaban J connectivity index is 1.48. The van der Waals surface area contributed by atoms with Gasteiger partial charge in [0.1, 0.15) is 0 Å². The van der Waals surface area contributed by atoms with Gasteiger partial charge in [-0.2, -0.15) is 0 Å². The van der Waals surface area contributed by atoms with Crippen molar-refractivity contribution in [3.63, 3.8) is 0 Å². The van der Waals surface area contributed by atoms with Crippen LogP contribution < -0.4 is 5.32 Å². The Morgan fingerprint density at radius 1 is 1.15 bits per heavy atom. The predicted octanol–water partition coefficient (Wildman–Crippen LogP) is 4.11. The summed E-state index contributed by atoms with van der Waals surface area (Å²) in [6, 6.07) is 11.5. The van der Waals surface area contributed by atoms with Crippen LogP contribution in [0.1, 0.15) is 48.7 Å². The highest BCUT2D eigenvalue weighted by Gasteiger charge is 2.28. The van der Waals surface area contributed by atoms with Crippen LogP contribution in [0.25, 0.3) is 0 Å². The molecule has 3 rings (SSSR count). The van der Waals surface area contributed by atoms with Gasteiger partial charge in [-0.15, -0.1) is 0 Å². The van der Waals surface area contributed by atoms with Crippen LogP contribution in [0.2, 0.25) is 0 Å². The number of piperidine rings is 1. The van der Waals surface area contributed by atoms with Gasteiger partial charge in [0.15, 0.2) is 5.76 Å². The van der Waals surface area contributed by atoms with Crippen LogP contribution in [0.3, 0.4) is 0 Å². The van der Waals surface area contributed by atoms with Crippen LogP contribution in [-0.2, 0) is 11.2 Å². The van der Waals surface area contributed by atoms with Crippen molar-refractivity contribution in [1.29, 1.82) is 0 Å². The highest BCUT2D eigenvalue weighted by atomic mass is 16.3. The zero-order valence-corrected chi connectivity index (χ0v) is 15.2. The maximum Gasteiger partial charge on any atom is 0.289 e. The number of likely N-dealkylation sites (tertiary alicyclic amines) is 1. The molecule has 2 amide bonds. The highest BCUT2D eigenvalue weighted by molar-refractivity contribution is 5.94. The second-order valence-corrected chi connectivity index (χ2v) is 6.83. The molecular weight excluding hydrogens is 328 g/mol. The van der Waals surface area contributed by atoms with Crippen LogP contribution in [0.15, 0.2) is 47.1 Å². The van der Waals surface area contributed by atoms with Crippen molar-refractivity contribution in [2.75, 3.05) is 18.4 Å². The lowest BCUT2D eigenvalue weighted by molar-refractivity contribution is -0.121. The van der Waals surface area contributed by atoms with Gasteiger partial charge in [0.2, 0.25) is 5.91 Å². The summed E-state index contributed by atoms with van der Waals surface area (Å²) >= 11 is 0. The summed E-state index contributed by atoms with van der Waals surface area (Å²) in [7, 11) is 0. The number of amides is 2. The Morgan fingerprint density at radius 2 is 1.88 bits per heavy atom. The number of rotatable bonds is 6. The molecule has 1 N–H and O–H groups in total. The van der Waals surface area contributed by atoms with E-state index in [0.717, 1.165) is 12.1 Å². The van der Waals surface area contributed by atoms with Crippen molar-refractivity contribution >= 4 is 17.5 Å². The lowest BCUT2D eigenvalue weighted by Crippen LogP contribution is -2.41. The van der Waals surface area contributed by atoms with Gasteiger partial charge in [0.25, 0.3) is 5.91 Å². The lowest BCUT2D eigenvalue weighted by atomic mass is 9.95. The van der Waals surface area contributed by atoms with Gasteiger partial charge >= 0.3 is 0 Å². The molecule has 0 unspecified atom stereocenters. The second kappa shape index (κ2) is 8.70. The Hall–Kier alpha value is -2.56. The van der Waals surface area contributed by atoms with E-state index in [1.165, 1.54) is 24.7 Å². The molecule has 1 fully saturated rings. The van der Waals surface area contributed by atoms with E-state index in [1.54, 1.807) is 17.0 Å². The van der Waals surface area contributed by atoms with Crippen molar-refractivity contribution in [2.24, 2.45) is 5.92 Å². The molecule has 26 heavy (non-hydrogen) atoms. The molecule has 1 aliphatic rings. The average molecular weight is 354 g/mol. The van der Waals surface area contributed by atoms with Crippen molar-refractivity contribution in [2.45, 2.75) is 39.0 Å². The standard InChI is InChI=1S/C21H26N2O3/c1-2-3-5-16-7-9-18(10-8-16)22-20(24)17-11-13-23(14-12-17)21(25)19-6-4-15-26-19/h4,6-10,15,17H,2-3,5,11-14H2,1H3,(H,22,24). The van der Waals surface area contributed by atoms with Crippen LogP contribution in [0, 0.1) is 5.92 Å². The van der Waals surface area contributed by atoms with Gasteiger partial charge in [-0.25, -0.2) is 0 Å². The van der Waals surface area contributed by atoms with Gasteiger partial charge in [-0.05, 0) is 55.5 Å². The summed E-state index contributed by atoms with van der Waals surface area (Å²) < 4.78 is 5.17. The van der Waals surface area contributed by atoms with E-state index in [1.807, 2.05) is 12.1 Å². The summed E-state index contributed by atoms with van der Waals surface area (Å²) in [4.78, 5) is 26.5. The Labute approximate surface area is 154 Å². The molecule has 0 spiro atoms. The SMILES string of the molecule is CCCCc1ccc(NC(=O)C2CCN(C(=O)c3ccco3)CC2)cc1. The minimum absolute atomic E-state index is 0.0383. The summed E-state index contributed by atoms with van der Waals surface area (Å²) in [5.74, 6) is 0.236. The Bertz CT molecular complexity index is 714. The number of nitrogens with one attached hydrogen (secondary N) is 1. The number of carbonyl (C=O) groups excluding carboxylic acids is 2. The lowest BCUT2D eigenvalue weighted by Gasteiger charge is -2.30. The molecule has 1 saturated heterocycles. The minimum atomic E-state index is -0.100. The quantitative estimate of drug-likeness (QED) is 0.849. The van der Waals surface area contributed by atoms with E-state index in [4.69, 9.17) is 4.42 Å². The largest absolute Gasteiger partial charge is 0.459 e. The summed E-state index contributed by atoms with van der Waals surface area (Å²) in [6.07, 6.45) is 6.29. The molecule has 0 bridgehead atoms. The fourth-order valence-corrected chi connectivity index (χ4v) is 3.28. The topological polar surface area (TPSA) is 62.6 Å². The first kappa shape index (κ1) is 18.2.